The summed E-state index contributed by atoms with van der Waals surface area (Å²) in [6.45, 7) is 2.37. The Labute approximate surface area is 173 Å². The SMILES string of the molecule is Cc1cccc(OCCC(=O)OCC(=O)NC(=O)Nc2ccc3c(c2)OCCO3)c1. The molecule has 3 rings (SSSR count). The first-order chi connectivity index (χ1) is 14.5. The maximum atomic E-state index is 11.9. The van der Waals surface area contributed by atoms with E-state index >= 15 is 0 Å². The number of benzene rings is 2. The smallest absolute Gasteiger partial charge is 0.325 e. The molecule has 0 saturated carbocycles. The van der Waals surface area contributed by atoms with Crippen LogP contribution in [0, 0.1) is 6.92 Å². The minimum Gasteiger partial charge on any atom is -0.493 e. The Balaban J connectivity index is 1.34. The third-order valence-electron chi connectivity index (χ3n) is 3.98. The Morgan fingerprint density at radius 3 is 2.63 bits per heavy atom. The number of aryl methyl sites for hydroxylation is 1. The average molecular weight is 414 g/mol. The van der Waals surface area contributed by atoms with Crippen LogP contribution in [0.3, 0.4) is 0 Å². The molecular weight excluding hydrogens is 392 g/mol. The third kappa shape index (κ3) is 6.40. The summed E-state index contributed by atoms with van der Waals surface area (Å²) in [4.78, 5) is 35.4. The number of rotatable bonds is 7. The van der Waals surface area contributed by atoms with E-state index in [1.165, 1.54) is 0 Å². The molecule has 9 nitrogen and oxygen atoms in total. The zero-order valence-corrected chi connectivity index (χ0v) is 16.4. The monoisotopic (exact) mass is 414 g/mol. The van der Waals surface area contributed by atoms with Gasteiger partial charge in [0, 0.05) is 11.8 Å². The highest BCUT2D eigenvalue weighted by Gasteiger charge is 2.14. The molecule has 158 valence electrons. The molecule has 0 spiro atoms. The minimum absolute atomic E-state index is 0.0232. The first kappa shape index (κ1) is 21.0. The maximum absolute atomic E-state index is 11.9. The van der Waals surface area contributed by atoms with E-state index in [0.29, 0.717) is 36.1 Å². The van der Waals surface area contributed by atoms with E-state index in [-0.39, 0.29) is 13.0 Å². The van der Waals surface area contributed by atoms with Crippen molar-refractivity contribution in [3.05, 3.63) is 48.0 Å². The van der Waals surface area contributed by atoms with E-state index in [4.69, 9.17) is 18.9 Å². The predicted molar refractivity (Wildman–Crippen MR) is 107 cm³/mol. The van der Waals surface area contributed by atoms with E-state index in [1.54, 1.807) is 24.3 Å². The molecule has 2 aromatic rings. The quantitative estimate of drug-likeness (QED) is 0.669. The number of anilines is 1. The fourth-order valence-corrected chi connectivity index (χ4v) is 2.62. The zero-order chi connectivity index (χ0) is 21.3. The number of nitrogens with one attached hydrogen (secondary N) is 2. The van der Waals surface area contributed by atoms with Gasteiger partial charge in [-0.2, -0.15) is 0 Å². The van der Waals surface area contributed by atoms with Gasteiger partial charge in [-0.15, -0.1) is 0 Å². The highest BCUT2D eigenvalue weighted by atomic mass is 16.6. The van der Waals surface area contributed by atoms with Crippen LogP contribution in [0.2, 0.25) is 0 Å². The van der Waals surface area contributed by atoms with Gasteiger partial charge in [0.05, 0.1) is 13.0 Å². The number of fused-ring (bicyclic) bond motifs is 1. The van der Waals surface area contributed by atoms with Crippen LogP contribution in [0.25, 0.3) is 0 Å². The highest BCUT2D eigenvalue weighted by molar-refractivity contribution is 6.02. The number of hydrogen-bond donors (Lipinski definition) is 2. The molecule has 1 aliphatic heterocycles. The first-order valence-corrected chi connectivity index (χ1v) is 9.35. The first-order valence-electron chi connectivity index (χ1n) is 9.35. The lowest BCUT2D eigenvalue weighted by Crippen LogP contribution is -2.37. The number of carbonyl (C=O) groups excluding carboxylic acids is 3. The van der Waals surface area contributed by atoms with Crippen molar-refractivity contribution in [2.75, 3.05) is 31.7 Å². The Kier molecular flexibility index (Phi) is 7.09. The number of carbonyl (C=O) groups is 3. The molecule has 9 heteroatoms. The van der Waals surface area contributed by atoms with Crippen molar-refractivity contribution < 1.29 is 33.3 Å². The van der Waals surface area contributed by atoms with Crippen molar-refractivity contribution in [1.82, 2.24) is 5.32 Å². The van der Waals surface area contributed by atoms with Gasteiger partial charge >= 0.3 is 12.0 Å². The largest absolute Gasteiger partial charge is 0.493 e. The van der Waals surface area contributed by atoms with Gasteiger partial charge < -0.3 is 24.3 Å². The van der Waals surface area contributed by atoms with Gasteiger partial charge in [0.1, 0.15) is 19.0 Å². The summed E-state index contributed by atoms with van der Waals surface area (Å²) >= 11 is 0. The number of esters is 1. The molecule has 3 amide bonds. The Morgan fingerprint density at radius 1 is 1.03 bits per heavy atom. The molecule has 0 fully saturated rings. The highest BCUT2D eigenvalue weighted by Crippen LogP contribution is 2.32. The Morgan fingerprint density at radius 2 is 1.83 bits per heavy atom. The fourth-order valence-electron chi connectivity index (χ4n) is 2.62. The van der Waals surface area contributed by atoms with Crippen LogP contribution in [0.5, 0.6) is 17.2 Å². The summed E-state index contributed by atoms with van der Waals surface area (Å²) < 4.78 is 21.1. The van der Waals surface area contributed by atoms with Crippen molar-refractivity contribution in [3.63, 3.8) is 0 Å². The third-order valence-corrected chi connectivity index (χ3v) is 3.98. The van der Waals surface area contributed by atoms with Crippen molar-refractivity contribution in [3.8, 4) is 17.2 Å². The Bertz CT molecular complexity index is 929. The predicted octanol–water partition coefficient (Wildman–Crippen LogP) is 2.43. The zero-order valence-electron chi connectivity index (χ0n) is 16.4. The van der Waals surface area contributed by atoms with E-state index in [9.17, 15) is 14.4 Å². The molecule has 0 bridgehead atoms. The average Bonchev–Trinajstić information content (AvgIpc) is 2.72. The van der Waals surface area contributed by atoms with Gasteiger partial charge in [-0.3, -0.25) is 14.9 Å². The minimum atomic E-state index is -0.754. The van der Waals surface area contributed by atoms with Crippen LogP contribution in [0.15, 0.2) is 42.5 Å². The van der Waals surface area contributed by atoms with E-state index in [2.05, 4.69) is 10.6 Å². The summed E-state index contributed by atoms with van der Waals surface area (Å²) in [7, 11) is 0. The van der Waals surface area contributed by atoms with Crippen LogP contribution in [0.1, 0.15) is 12.0 Å². The van der Waals surface area contributed by atoms with Crippen LogP contribution >= 0.6 is 0 Å². The Hall–Kier alpha value is -3.75. The standard InChI is InChI=1S/C21H22N2O7/c1-14-3-2-4-16(11-14)27-8-7-20(25)30-13-19(24)23-21(26)22-15-5-6-17-18(12-15)29-10-9-28-17/h2-6,11-12H,7-10,13H2,1H3,(H2,22,23,24,26). The molecular formula is C21H22N2O7. The lowest BCUT2D eigenvalue weighted by molar-refractivity contribution is -0.148. The summed E-state index contributed by atoms with van der Waals surface area (Å²) in [5.41, 5.74) is 1.47. The van der Waals surface area contributed by atoms with E-state index < -0.39 is 24.5 Å². The number of urea groups is 1. The fraction of sp³-hybridized carbons (Fsp3) is 0.286. The molecule has 2 aromatic carbocycles. The van der Waals surface area contributed by atoms with Crippen LogP contribution in [-0.2, 0) is 14.3 Å². The van der Waals surface area contributed by atoms with Crippen molar-refractivity contribution in [2.24, 2.45) is 0 Å². The van der Waals surface area contributed by atoms with Crippen molar-refractivity contribution in [2.45, 2.75) is 13.3 Å². The molecule has 0 unspecified atom stereocenters. The second-order valence-electron chi connectivity index (χ2n) is 6.44. The van der Waals surface area contributed by atoms with Gasteiger partial charge in [-0.05, 0) is 36.8 Å². The van der Waals surface area contributed by atoms with Gasteiger partial charge in [0.2, 0.25) is 0 Å². The number of ether oxygens (including phenoxy) is 4. The van der Waals surface area contributed by atoms with Crippen LogP contribution in [-0.4, -0.2) is 44.3 Å². The lowest BCUT2D eigenvalue weighted by atomic mass is 10.2. The molecule has 2 N–H and O–H groups in total. The second kappa shape index (κ2) is 10.1. The van der Waals surface area contributed by atoms with Crippen LogP contribution in [0.4, 0.5) is 10.5 Å². The van der Waals surface area contributed by atoms with Gasteiger partial charge in [-0.25, -0.2) is 4.79 Å². The summed E-state index contributed by atoms with van der Waals surface area (Å²) in [5, 5.41) is 4.58. The molecule has 0 saturated heterocycles. The second-order valence-corrected chi connectivity index (χ2v) is 6.44. The summed E-state index contributed by atoms with van der Waals surface area (Å²) in [6.07, 6.45) is -0.0232. The normalized spacial score (nSPS) is 11.9. The van der Waals surface area contributed by atoms with E-state index in [0.717, 1.165) is 5.56 Å². The summed E-state index contributed by atoms with van der Waals surface area (Å²) in [5.74, 6) is 0.383. The molecule has 0 aromatic heterocycles. The number of imide groups is 1. The topological polar surface area (TPSA) is 112 Å². The van der Waals surface area contributed by atoms with Gasteiger partial charge in [0.25, 0.3) is 5.91 Å². The van der Waals surface area contributed by atoms with Crippen molar-refractivity contribution in [1.29, 1.82) is 0 Å². The lowest BCUT2D eigenvalue weighted by Gasteiger charge is -2.19. The molecule has 0 aliphatic carbocycles. The number of amides is 3. The van der Waals surface area contributed by atoms with Gasteiger partial charge in [-0.1, -0.05) is 12.1 Å². The number of hydrogen-bond acceptors (Lipinski definition) is 7. The summed E-state index contributed by atoms with van der Waals surface area (Å²) in [6, 6.07) is 11.5. The molecule has 30 heavy (non-hydrogen) atoms. The molecule has 0 atom stereocenters. The van der Waals surface area contributed by atoms with Crippen LogP contribution < -0.4 is 24.8 Å². The van der Waals surface area contributed by atoms with Gasteiger partial charge in [0.15, 0.2) is 18.1 Å². The molecule has 0 radical (unpaired) electrons. The maximum Gasteiger partial charge on any atom is 0.325 e. The molecule has 1 heterocycles. The van der Waals surface area contributed by atoms with Crippen molar-refractivity contribution >= 4 is 23.6 Å². The van der Waals surface area contributed by atoms with E-state index in [1.807, 2.05) is 25.1 Å². The molecule has 1 aliphatic rings.